The lowest BCUT2D eigenvalue weighted by Crippen LogP contribution is -2.26. The molecule has 30 heavy (non-hydrogen) atoms. The van der Waals surface area contributed by atoms with Crippen molar-refractivity contribution in [2.24, 2.45) is 0 Å². The molecule has 7 nitrogen and oxygen atoms in total. The number of nitrogens with zero attached hydrogens (tertiary/aromatic N) is 3. The van der Waals surface area contributed by atoms with E-state index in [-0.39, 0.29) is 29.5 Å². The van der Waals surface area contributed by atoms with Crippen LogP contribution in [0.3, 0.4) is 0 Å². The lowest BCUT2D eigenvalue weighted by Gasteiger charge is -2.15. The standard InChI is InChI=1S/C22H24N4O3S/c1-13-3-5-15(6-4-13)18-11-19-20(21(25-18)22(27)24-16-7-8-16)23-14(2)26(19)17-9-10-30(28,29)12-17/h3-6,11,16-17H,7-10,12H2,1-2H3,(H,24,27). The second kappa shape index (κ2) is 6.91. The van der Waals surface area contributed by atoms with Crippen LogP contribution in [-0.4, -0.2) is 46.4 Å². The van der Waals surface area contributed by atoms with E-state index in [2.05, 4.69) is 15.3 Å². The molecule has 0 radical (unpaired) electrons. The molecule has 2 aliphatic rings. The number of carbonyl (C=O) groups is 1. The van der Waals surface area contributed by atoms with Crippen LogP contribution in [0, 0.1) is 13.8 Å². The number of hydrogen-bond acceptors (Lipinski definition) is 5. The van der Waals surface area contributed by atoms with Gasteiger partial charge in [0.1, 0.15) is 11.3 Å². The average Bonchev–Trinajstić information content (AvgIpc) is 3.35. The van der Waals surface area contributed by atoms with Gasteiger partial charge in [-0.2, -0.15) is 0 Å². The van der Waals surface area contributed by atoms with Gasteiger partial charge in [-0.25, -0.2) is 18.4 Å². The van der Waals surface area contributed by atoms with E-state index >= 15 is 0 Å². The number of fused-ring (bicyclic) bond motifs is 1. The predicted molar refractivity (Wildman–Crippen MR) is 115 cm³/mol. The molecule has 1 amide bonds. The molecule has 1 saturated carbocycles. The fourth-order valence-corrected chi connectivity index (χ4v) is 5.86. The molecule has 2 aromatic heterocycles. The van der Waals surface area contributed by atoms with Crippen molar-refractivity contribution in [2.45, 2.75) is 45.2 Å². The Kier molecular flexibility index (Phi) is 4.43. The third-order valence-corrected chi connectivity index (χ3v) is 7.65. The lowest BCUT2D eigenvalue weighted by atomic mass is 10.1. The third kappa shape index (κ3) is 3.49. The van der Waals surface area contributed by atoms with Gasteiger partial charge in [-0.05, 0) is 39.2 Å². The summed E-state index contributed by atoms with van der Waals surface area (Å²) in [4.78, 5) is 22.3. The highest BCUT2D eigenvalue weighted by molar-refractivity contribution is 7.91. The summed E-state index contributed by atoms with van der Waals surface area (Å²) in [6.45, 7) is 3.88. The summed E-state index contributed by atoms with van der Waals surface area (Å²) in [5.74, 6) is 0.767. The largest absolute Gasteiger partial charge is 0.348 e. The Labute approximate surface area is 175 Å². The summed E-state index contributed by atoms with van der Waals surface area (Å²) in [7, 11) is -3.05. The molecule has 1 aromatic carbocycles. The van der Waals surface area contributed by atoms with E-state index in [0.29, 0.717) is 29.1 Å². The maximum Gasteiger partial charge on any atom is 0.272 e. The molecule has 1 aliphatic carbocycles. The van der Waals surface area contributed by atoms with Crippen molar-refractivity contribution >= 4 is 26.8 Å². The minimum atomic E-state index is -3.05. The van der Waals surface area contributed by atoms with E-state index in [1.165, 1.54) is 0 Å². The van der Waals surface area contributed by atoms with Crippen LogP contribution in [0.5, 0.6) is 0 Å². The fraction of sp³-hybridized carbons (Fsp3) is 0.409. The van der Waals surface area contributed by atoms with E-state index in [0.717, 1.165) is 29.5 Å². The molecule has 1 aliphatic heterocycles. The van der Waals surface area contributed by atoms with Gasteiger partial charge in [-0.3, -0.25) is 4.79 Å². The second-order valence-corrected chi connectivity index (χ2v) is 10.7. The zero-order chi connectivity index (χ0) is 21.0. The second-order valence-electron chi connectivity index (χ2n) is 8.42. The summed E-state index contributed by atoms with van der Waals surface area (Å²) in [5, 5.41) is 3.01. The van der Waals surface area contributed by atoms with Crippen LogP contribution in [0.4, 0.5) is 0 Å². The number of aromatic nitrogens is 3. The molecular formula is C22H24N4O3S. The first-order valence-corrected chi connectivity index (χ1v) is 12.1. The van der Waals surface area contributed by atoms with Crippen molar-refractivity contribution < 1.29 is 13.2 Å². The molecule has 156 valence electrons. The van der Waals surface area contributed by atoms with Crippen LogP contribution in [0.25, 0.3) is 22.3 Å². The Bertz CT molecular complexity index is 1260. The summed E-state index contributed by atoms with van der Waals surface area (Å²) in [6, 6.07) is 9.96. The topological polar surface area (TPSA) is 94.0 Å². The van der Waals surface area contributed by atoms with Crippen LogP contribution >= 0.6 is 0 Å². The predicted octanol–water partition coefficient (Wildman–Crippen LogP) is 2.97. The van der Waals surface area contributed by atoms with Crippen molar-refractivity contribution in [2.75, 3.05) is 11.5 Å². The van der Waals surface area contributed by atoms with Crippen LogP contribution in [0.2, 0.25) is 0 Å². The van der Waals surface area contributed by atoms with Crippen molar-refractivity contribution in [3.8, 4) is 11.3 Å². The molecule has 2 fully saturated rings. The van der Waals surface area contributed by atoms with Gasteiger partial charge in [0.2, 0.25) is 0 Å². The van der Waals surface area contributed by atoms with Crippen LogP contribution in [0.15, 0.2) is 30.3 Å². The minimum Gasteiger partial charge on any atom is -0.348 e. The van der Waals surface area contributed by atoms with E-state index in [9.17, 15) is 13.2 Å². The minimum absolute atomic E-state index is 0.102. The number of amides is 1. The summed E-state index contributed by atoms with van der Waals surface area (Å²) >= 11 is 0. The monoisotopic (exact) mass is 424 g/mol. The highest BCUT2D eigenvalue weighted by Gasteiger charge is 2.33. The molecule has 0 spiro atoms. The Morgan fingerprint density at radius 3 is 2.47 bits per heavy atom. The third-order valence-electron chi connectivity index (χ3n) is 5.90. The van der Waals surface area contributed by atoms with Crippen molar-refractivity contribution in [3.63, 3.8) is 0 Å². The van der Waals surface area contributed by atoms with Gasteiger partial charge >= 0.3 is 0 Å². The van der Waals surface area contributed by atoms with Gasteiger partial charge in [0.25, 0.3) is 5.91 Å². The van der Waals surface area contributed by atoms with Gasteiger partial charge < -0.3 is 9.88 Å². The number of hydrogen-bond donors (Lipinski definition) is 1. The first kappa shape index (κ1) is 19.2. The lowest BCUT2D eigenvalue weighted by molar-refractivity contribution is 0.0948. The van der Waals surface area contributed by atoms with Crippen molar-refractivity contribution in [3.05, 3.63) is 47.4 Å². The Morgan fingerprint density at radius 2 is 1.83 bits per heavy atom. The van der Waals surface area contributed by atoms with Gasteiger partial charge in [-0.1, -0.05) is 29.8 Å². The van der Waals surface area contributed by atoms with E-state index in [4.69, 9.17) is 0 Å². The summed E-state index contributed by atoms with van der Waals surface area (Å²) in [6.07, 6.45) is 2.53. The van der Waals surface area contributed by atoms with Crippen LogP contribution in [-0.2, 0) is 9.84 Å². The smallest absolute Gasteiger partial charge is 0.272 e. The van der Waals surface area contributed by atoms with Crippen molar-refractivity contribution in [1.29, 1.82) is 0 Å². The molecule has 0 bridgehead atoms. The van der Waals surface area contributed by atoms with E-state index < -0.39 is 9.84 Å². The van der Waals surface area contributed by atoms with Gasteiger partial charge in [0, 0.05) is 11.6 Å². The zero-order valence-electron chi connectivity index (χ0n) is 17.1. The Morgan fingerprint density at radius 1 is 1.10 bits per heavy atom. The number of carbonyl (C=O) groups excluding carboxylic acids is 1. The molecule has 5 rings (SSSR count). The molecule has 3 aromatic rings. The number of benzene rings is 1. The fourth-order valence-electron chi connectivity index (χ4n) is 4.16. The first-order valence-electron chi connectivity index (χ1n) is 10.3. The molecular weight excluding hydrogens is 400 g/mol. The van der Waals surface area contributed by atoms with Crippen LogP contribution < -0.4 is 5.32 Å². The van der Waals surface area contributed by atoms with Gasteiger partial charge in [0.15, 0.2) is 15.5 Å². The zero-order valence-corrected chi connectivity index (χ0v) is 17.9. The summed E-state index contributed by atoms with van der Waals surface area (Å²) < 4.78 is 26.2. The number of pyridine rings is 1. The highest BCUT2D eigenvalue weighted by Crippen LogP contribution is 2.33. The highest BCUT2D eigenvalue weighted by atomic mass is 32.2. The van der Waals surface area contributed by atoms with Gasteiger partial charge in [-0.15, -0.1) is 0 Å². The number of imidazole rings is 1. The molecule has 1 atom stereocenters. The maximum absolute atomic E-state index is 13.0. The number of rotatable bonds is 4. The molecule has 8 heteroatoms. The molecule has 1 saturated heterocycles. The van der Waals surface area contributed by atoms with Crippen LogP contribution in [0.1, 0.15) is 47.2 Å². The Balaban J connectivity index is 1.70. The average molecular weight is 425 g/mol. The van der Waals surface area contributed by atoms with E-state index in [1.807, 2.05) is 48.7 Å². The number of nitrogens with one attached hydrogen (secondary N) is 1. The first-order chi connectivity index (χ1) is 14.3. The SMILES string of the molecule is Cc1ccc(-c2cc3c(nc(C)n3C3CCS(=O)(=O)C3)c(C(=O)NC3CC3)n2)cc1. The normalized spacial score (nSPS) is 20.5. The number of sulfone groups is 1. The molecule has 3 heterocycles. The maximum atomic E-state index is 13.0. The van der Waals surface area contributed by atoms with Crippen molar-refractivity contribution in [1.82, 2.24) is 19.9 Å². The summed E-state index contributed by atoms with van der Waals surface area (Å²) in [5.41, 5.74) is 4.34. The molecule has 1 unspecified atom stereocenters. The molecule has 1 N–H and O–H groups in total. The quantitative estimate of drug-likeness (QED) is 0.695. The number of aryl methyl sites for hydroxylation is 2. The van der Waals surface area contributed by atoms with E-state index in [1.54, 1.807) is 0 Å². The van der Waals surface area contributed by atoms with Gasteiger partial charge in [0.05, 0.1) is 28.8 Å². The Hall–Kier alpha value is -2.74.